The fourth-order valence-electron chi connectivity index (χ4n) is 1.42. The lowest BCUT2D eigenvalue weighted by molar-refractivity contribution is -0.139. The Balaban J connectivity index is 2.02. The monoisotopic (exact) mass is 305 g/mol. The van der Waals surface area contributed by atoms with Crippen LogP contribution in [0, 0.1) is 0 Å². The number of anilines is 1. The molecule has 10 nitrogen and oxygen atoms in total. The number of hydrazone groups is 1. The van der Waals surface area contributed by atoms with Gasteiger partial charge in [-0.25, -0.2) is 14.8 Å². The van der Waals surface area contributed by atoms with Gasteiger partial charge in [-0.3, -0.25) is 4.79 Å². The Hall–Kier alpha value is -3.43. The molecule has 0 aliphatic carbocycles. The summed E-state index contributed by atoms with van der Waals surface area (Å²) < 4.78 is 9.38. The van der Waals surface area contributed by atoms with E-state index < -0.39 is 18.5 Å². The molecule has 0 unspecified atom stereocenters. The molecule has 22 heavy (non-hydrogen) atoms. The molecule has 1 aromatic heterocycles. The topological polar surface area (TPSA) is 153 Å². The number of amides is 1. The Morgan fingerprint density at radius 3 is 2.86 bits per heavy atom. The number of rotatable bonds is 6. The van der Waals surface area contributed by atoms with Crippen LogP contribution in [-0.4, -0.2) is 40.1 Å². The quantitative estimate of drug-likeness (QED) is 0.493. The van der Waals surface area contributed by atoms with Crippen LogP contribution in [0.15, 0.2) is 34.0 Å². The molecule has 114 valence electrons. The Kier molecular flexibility index (Phi) is 4.65. The first-order valence-electron chi connectivity index (χ1n) is 5.93. The highest BCUT2D eigenvalue weighted by atomic mass is 16.6. The summed E-state index contributed by atoms with van der Waals surface area (Å²) in [5.74, 6) is -1.64. The largest absolute Gasteiger partial charge is 0.481 e. The number of benzene rings is 1. The number of carboxylic acids is 1. The molecular formula is C12H11N5O5. The maximum absolute atomic E-state index is 11.6. The van der Waals surface area contributed by atoms with E-state index in [0.29, 0.717) is 11.3 Å². The molecule has 0 aliphatic heterocycles. The van der Waals surface area contributed by atoms with Crippen molar-refractivity contribution < 1.29 is 24.1 Å². The summed E-state index contributed by atoms with van der Waals surface area (Å²) in [6, 6.07) is 6.59. The zero-order valence-corrected chi connectivity index (χ0v) is 11.1. The van der Waals surface area contributed by atoms with Crippen LogP contribution < -0.4 is 15.9 Å². The van der Waals surface area contributed by atoms with E-state index in [1.165, 1.54) is 6.21 Å². The number of aromatic nitrogens is 2. The van der Waals surface area contributed by atoms with E-state index in [1.54, 1.807) is 24.3 Å². The maximum atomic E-state index is 11.6. The molecule has 1 aromatic carbocycles. The summed E-state index contributed by atoms with van der Waals surface area (Å²) >= 11 is 0. The second-order valence-electron chi connectivity index (χ2n) is 3.92. The summed E-state index contributed by atoms with van der Waals surface area (Å²) in [5.41, 5.74) is 7.84. The molecule has 2 rings (SSSR count). The van der Waals surface area contributed by atoms with Gasteiger partial charge in [0.2, 0.25) is 11.5 Å². The zero-order chi connectivity index (χ0) is 15.9. The molecule has 10 heteroatoms. The van der Waals surface area contributed by atoms with Gasteiger partial charge in [-0.15, -0.1) is 0 Å². The molecule has 0 aliphatic rings. The molecular weight excluding hydrogens is 294 g/mol. The number of nitrogens with zero attached hydrogens (tertiary/aromatic N) is 3. The van der Waals surface area contributed by atoms with Gasteiger partial charge < -0.3 is 15.6 Å². The van der Waals surface area contributed by atoms with Crippen molar-refractivity contribution >= 4 is 23.9 Å². The van der Waals surface area contributed by atoms with Gasteiger partial charge in [0, 0.05) is 5.56 Å². The molecule has 4 N–H and O–H groups in total. The van der Waals surface area contributed by atoms with Crippen LogP contribution >= 0.6 is 0 Å². The zero-order valence-electron chi connectivity index (χ0n) is 11.1. The van der Waals surface area contributed by atoms with E-state index in [9.17, 15) is 9.59 Å². The number of carbonyl (C=O) groups excluding carboxylic acids is 1. The van der Waals surface area contributed by atoms with E-state index in [1.807, 2.05) is 0 Å². The molecule has 1 heterocycles. The van der Waals surface area contributed by atoms with Crippen molar-refractivity contribution in [3.05, 3.63) is 35.5 Å². The molecule has 0 spiro atoms. The van der Waals surface area contributed by atoms with E-state index in [0.717, 1.165) is 0 Å². The van der Waals surface area contributed by atoms with Gasteiger partial charge in [0.05, 0.1) is 6.21 Å². The summed E-state index contributed by atoms with van der Waals surface area (Å²) in [4.78, 5) is 22.1. The summed E-state index contributed by atoms with van der Waals surface area (Å²) in [6.45, 7) is -0.488. The lowest BCUT2D eigenvalue weighted by Gasteiger charge is -2.05. The van der Waals surface area contributed by atoms with Crippen molar-refractivity contribution in [1.82, 2.24) is 15.7 Å². The molecule has 1 amide bonds. The van der Waals surface area contributed by atoms with Crippen molar-refractivity contribution in [2.24, 2.45) is 5.10 Å². The van der Waals surface area contributed by atoms with Crippen molar-refractivity contribution in [3.8, 4) is 5.75 Å². The molecule has 2 aromatic rings. The lowest BCUT2D eigenvalue weighted by Crippen LogP contribution is -2.19. The van der Waals surface area contributed by atoms with Crippen LogP contribution in [0.1, 0.15) is 16.1 Å². The summed E-state index contributed by atoms with van der Waals surface area (Å²) in [5, 5.41) is 18.9. The number of carboxylic acid groups (broad SMARTS) is 1. The molecule has 0 radical (unpaired) electrons. The van der Waals surface area contributed by atoms with Gasteiger partial charge in [0.1, 0.15) is 5.75 Å². The normalized spacial score (nSPS) is 10.5. The van der Waals surface area contributed by atoms with Gasteiger partial charge in [0.25, 0.3) is 5.91 Å². The average Bonchev–Trinajstić information content (AvgIpc) is 2.92. The van der Waals surface area contributed by atoms with Gasteiger partial charge in [-0.1, -0.05) is 12.1 Å². The number of aliphatic carboxylic acids is 1. The lowest BCUT2D eigenvalue weighted by atomic mass is 10.2. The molecule has 0 fully saturated rings. The van der Waals surface area contributed by atoms with Crippen molar-refractivity contribution in [2.45, 2.75) is 0 Å². The van der Waals surface area contributed by atoms with E-state index in [4.69, 9.17) is 15.6 Å². The van der Waals surface area contributed by atoms with E-state index >= 15 is 0 Å². The van der Waals surface area contributed by atoms with Crippen molar-refractivity contribution in [1.29, 1.82) is 0 Å². The number of hydrogen-bond donors (Lipinski definition) is 3. The number of hydrogen-bond acceptors (Lipinski definition) is 8. The number of ether oxygens (including phenoxy) is 1. The van der Waals surface area contributed by atoms with Gasteiger partial charge in [0.15, 0.2) is 6.61 Å². The van der Waals surface area contributed by atoms with Crippen LogP contribution in [0.25, 0.3) is 0 Å². The van der Waals surface area contributed by atoms with Gasteiger partial charge in [-0.05, 0) is 22.4 Å². The predicted molar refractivity (Wildman–Crippen MR) is 73.3 cm³/mol. The number of para-hydroxylation sites is 1. The van der Waals surface area contributed by atoms with Crippen molar-refractivity contribution in [2.75, 3.05) is 12.3 Å². The third-order valence-electron chi connectivity index (χ3n) is 2.37. The highest BCUT2D eigenvalue weighted by molar-refractivity contribution is 5.96. The SMILES string of the molecule is Nc1nonc1C(=O)NN=Cc1ccccc1OCC(=O)O. The Bertz CT molecular complexity index is 711. The number of carbonyl (C=O) groups is 2. The summed E-state index contributed by atoms with van der Waals surface area (Å²) in [6.07, 6.45) is 1.29. The van der Waals surface area contributed by atoms with Crippen LogP contribution in [0.5, 0.6) is 5.75 Å². The fourth-order valence-corrected chi connectivity index (χ4v) is 1.42. The van der Waals surface area contributed by atoms with Gasteiger partial charge >= 0.3 is 5.97 Å². The molecule has 0 saturated heterocycles. The highest BCUT2D eigenvalue weighted by Gasteiger charge is 2.14. The first-order chi connectivity index (χ1) is 10.6. The molecule has 0 saturated carbocycles. The Morgan fingerprint density at radius 1 is 1.41 bits per heavy atom. The summed E-state index contributed by atoms with van der Waals surface area (Å²) in [7, 11) is 0. The smallest absolute Gasteiger partial charge is 0.341 e. The molecule has 0 atom stereocenters. The standard InChI is InChI=1S/C12H11N5O5/c13-11-10(16-22-17-11)12(20)15-14-5-7-3-1-2-4-8(7)21-6-9(18)19/h1-5H,6H2,(H2,13,17)(H,15,20)(H,18,19). The third-order valence-corrected chi connectivity index (χ3v) is 2.37. The number of nitrogens with two attached hydrogens (primary N) is 1. The second kappa shape index (κ2) is 6.83. The van der Waals surface area contributed by atoms with E-state index in [2.05, 4.69) is 25.5 Å². The Labute approximate surface area is 123 Å². The third kappa shape index (κ3) is 3.79. The van der Waals surface area contributed by atoms with Crippen LogP contribution in [0.4, 0.5) is 5.82 Å². The minimum atomic E-state index is -1.10. The number of nitrogen functional groups attached to an aromatic ring is 1. The minimum absolute atomic E-state index is 0.155. The van der Waals surface area contributed by atoms with Crippen LogP contribution in [0.3, 0.4) is 0 Å². The number of nitrogens with one attached hydrogen (secondary N) is 1. The first kappa shape index (κ1) is 15.0. The second-order valence-corrected chi connectivity index (χ2v) is 3.92. The minimum Gasteiger partial charge on any atom is -0.481 e. The maximum Gasteiger partial charge on any atom is 0.341 e. The fraction of sp³-hybridized carbons (Fsp3) is 0.0833. The predicted octanol–water partition coefficient (Wildman–Crippen LogP) is -0.121. The molecule has 0 bridgehead atoms. The van der Waals surface area contributed by atoms with Crippen LogP contribution in [0.2, 0.25) is 0 Å². The average molecular weight is 305 g/mol. The Morgan fingerprint density at radius 2 is 2.18 bits per heavy atom. The van der Waals surface area contributed by atoms with Crippen LogP contribution in [-0.2, 0) is 4.79 Å². The van der Waals surface area contributed by atoms with Crippen molar-refractivity contribution in [3.63, 3.8) is 0 Å². The highest BCUT2D eigenvalue weighted by Crippen LogP contribution is 2.15. The van der Waals surface area contributed by atoms with Gasteiger partial charge in [-0.2, -0.15) is 5.10 Å². The first-order valence-corrected chi connectivity index (χ1v) is 5.93. The van der Waals surface area contributed by atoms with E-state index in [-0.39, 0.29) is 11.5 Å².